The zero-order chi connectivity index (χ0) is 22.6. The first kappa shape index (κ1) is 23.7. The van der Waals surface area contributed by atoms with E-state index in [1.54, 1.807) is 12.1 Å². The molecule has 0 saturated carbocycles. The van der Waals surface area contributed by atoms with Crippen molar-refractivity contribution in [1.82, 2.24) is 10.6 Å². The Morgan fingerprint density at radius 3 is 2.35 bits per heavy atom. The molecular weight excluding hydrogens is 404 g/mol. The number of methoxy groups -OCH3 is 3. The second kappa shape index (κ2) is 12.2. The van der Waals surface area contributed by atoms with Gasteiger partial charge < -0.3 is 29.6 Å². The highest BCUT2D eigenvalue weighted by Gasteiger charge is 2.22. The van der Waals surface area contributed by atoms with E-state index in [4.69, 9.17) is 18.9 Å². The number of nitrogens with one attached hydrogen (secondary N) is 2. The molecule has 2 rings (SSSR count). The molecule has 2 amide bonds. The highest BCUT2D eigenvalue weighted by atomic mass is 16.5. The van der Waals surface area contributed by atoms with Crippen LogP contribution in [0, 0.1) is 0 Å². The third kappa shape index (κ3) is 7.31. The third-order valence-corrected chi connectivity index (χ3v) is 4.28. The molecular formula is C22H26N2O7. The summed E-state index contributed by atoms with van der Waals surface area (Å²) in [6.45, 7) is -0.147. The van der Waals surface area contributed by atoms with Crippen LogP contribution in [0.2, 0.25) is 0 Å². The van der Waals surface area contributed by atoms with E-state index in [1.807, 2.05) is 30.3 Å². The summed E-state index contributed by atoms with van der Waals surface area (Å²) in [6.07, 6.45) is 0. The Labute approximate surface area is 180 Å². The molecule has 2 aromatic carbocycles. The maximum absolute atomic E-state index is 12.4. The second-order valence-corrected chi connectivity index (χ2v) is 6.39. The summed E-state index contributed by atoms with van der Waals surface area (Å²) in [7, 11) is 4.14. The van der Waals surface area contributed by atoms with Gasteiger partial charge in [0.05, 0.1) is 46.7 Å². The third-order valence-electron chi connectivity index (χ3n) is 4.28. The van der Waals surface area contributed by atoms with E-state index in [9.17, 15) is 14.4 Å². The number of benzene rings is 2. The van der Waals surface area contributed by atoms with Gasteiger partial charge in [-0.3, -0.25) is 9.59 Å². The Hall–Kier alpha value is -3.59. The average Bonchev–Trinajstić information content (AvgIpc) is 2.81. The van der Waals surface area contributed by atoms with Crippen LogP contribution in [0.5, 0.6) is 11.5 Å². The Bertz CT molecular complexity index is 887. The highest BCUT2D eigenvalue weighted by molar-refractivity contribution is 5.99. The summed E-state index contributed by atoms with van der Waals surface area (Å²) < 4.78 is 20.5. The largest absolute Gasteiger partial charge is 0.497 e. The van der Waals surface area contributed by atoms with E-state index in [2.05, 4.69) is 10.6 Å². The number of ether oxygens (including phenoxy) is 4. The first-order chi connectivity index (χ1) is 15.0. The van der Waals surface area contributed by atoms with Gasteiger partial charge in [0.1, 0.15) is 11.5 Å². The normalized spacial score (nSPS) is 11.2. The van der Waals surface area contributed by atoms with Crippen LogP contribution in [0.3, 0.4) is 0 Å². The predicted octanol–water partition coefficient (Wildman–Crippen LogP) is 1.31. The van der Waals surface area contributed by atoms with E-state index >= 15 is 0 Å². The predicted molar refractivity (Wildman–Crippen MR) is 112 cm³/mol. The van der Waals surface area contributed by atoms with Crippen molar-refractivity contribution in [3.05, 3.63) is 59.7 Å². The minimum absolute atomic E-state index is 0.0758. The number of carbonyl (C=O) groups is 3. The van der Waals surface area contributed by atoms with Crippen LogP contribution in [-0.2, 0) is 25.7 Å². The van der Waals surface area contributed by atoms with Crippen LogP contribution in [0.4, 0.5) is 0 Å². The van der Waals surface area contributed by atoms with Crippen molar-refractivity contribution in [2.24, 2.45) is 0 Å². The molecule has 0 bridgehead atoms. The van der Waals surface area contributed by atoms with Crippen LogP contribution in [0.15, 0.2) is 48.5 Å². The van der Waals surface area contributed by atoms with Crippen molar-refractivity contribution >= 4 is 17.8 Å². The van der Waals surface area contributed by atoms with E-state index in [1.165, 1.54) is 27.4 Å². The van der Waals surface area contributed by atoms with Crippen molar-refractivity contribution in [1.29, 1.82) is 0 Å². The molecule has 0 saturated heterocycles. The Kier molecular flexibility index (Phi) is 9.31. The van der Waals surface area contributed by atoms with Gasteiger partial charge in [-0.2, -0.15) is 0 Å². The zero-order valence-electron chi connectivity index (χ0n) is 17.7. The van der Waals surface area contributed by atoms with Crippen molar-refractivity contribution in [3.63, 3.8) is 0 Å². The fraction of sp³-hybridized carbons (Fsp3) is 0.318. The minimum atomic E-state index is -1.01. The molecule has 0 heterocycles. The maximum Gasteiger partial charge on any atom is 0.330 e. The fourth-order valence-corrected chi connectivity index (χ4v) is 2.67. The summed E-state index contributed by atoms with van der Waals surface area (Å²) >= 11 is 0. The molecule has 0 aliphatic heterocycles. The van der Waals surface area contributed by atoms with Gasteiger partial charge in [0.2, 0.25) is 5.91 Å². The monoisotopic (exact) mass is 430 g/mol. The number of amides is 2. The van der Waals surface area contributed by atoms with Gasteiger partial charge in [-0.05, 0) is 17.7 Å². The molecule has 0 aromatic heterocycles. The van der Waals surface area contributed by atoms with Crippen LogP contribution in [0.25, 0.3) is 0 Å². The summed E-state index contributed by atoms with van der Waals surface area (Å²) in [5.74, 6) is -0.893. The van der Waals surface area contributed by atoms with Crippen LogP contribution >= 0.6 is 0 Å². The molecule has 0 unspecified atom stereocenters. The summed E-state index contributed by atoms with van der Waals surface area (Å²) in [5.41, 5.74) is 1.17. The molecule has 9 heteroatoms. The average molecular weight is 430 g/mol. The lowest BCUT2D eigenvalue weighted by molar-refractivity contribution is -0.146. The van der Waals surface area contributed by atoms with Gasteiger partial charge >= 0.3 is 5.97 Å². The molecule has 9 nitrogen and oxygen atoms in total. The minimum Gasteiger partial charge on any atom is -0.497 e. The van der Waals surface area contributed by atoms with Crippen LogP contribution in [0.1, 0.15) is 15.9 Å². The second-order valence-electron chi connectivity index (χ2n) is 6.39. The molecule has 1 atom stereocenters. The highest BCUT2D eigenvalue weighted by Crippen LogP contribution is 2.24. The molecule has 0 aliphatic rings. The van der Waals surface area contributed by atoms with E-state index in [0.29, 0.717) is 11.5 Å². The van der Waals surface area contributed by atoms with Crippen LogP contribution < -0.4 is 20.1 Å². The van der Waals surface area contributed by atoms with Gasteiger partial charge in [-0.1, -0.05) is 30.3 Å². The molecule has 0 radical (unpaired) electrons. The fourth-order valence-electron chi connectivity index (χ4n) is 2.67. The van der Waals surface area contributed by atoms with Crippen molar-refractivity contribution in [2.75, 3.05) is 34.5 Å². The zero-order valence-corrected chi connectivity index (χ0v) is 17.7. The number of rotatable bonds is 11. The summed E-state index contributed by atoms with van der Waals surface area (Å²) in [6, 6.07) is 13.1. The lowest BCUT2D eigenvalue weighted by Gasteiger charge is -2.17. The lowest BCUT2D eigenvalue weighted by Crippen LogP contribution is -2.48. The number of esters is 1. The number of carbonyl (C=O) groups excluding carboxylic acids is 3. The summed E-state index contributed by atoms with van der Waals surface area (Å²) in [4.78, 5) is 36.6. The first-order valence-electron chi connectivity index (χ1n) is 9.47. The standard InChI is InChI=1S/C22H26N2O7/c1-28-16-9-10-17(19(11-16)29-2)21(26)23-12-20(25)24-18(22(27)30-3)14-31-13-15-7-5-4-6-8-15/h4-11,18H,12-14H2,1-3H3,(H,23,26)(H,24,25)/t18-/m0/s1. The van der Waals surface area contributed by atoms with E-state index in [-0.39, 0.29) is 25.3 Å². The SMILES string of the molecule is COC(=O)[C@H](COCc1ccccc1)NC(=O)CNC(=O)c1ccc(OC)cc1OC. The van der Waals surface area contributed by atoms with Gasteiger partial charge in [0, 0.05) is 6.07 Å². The molecule has 0 fully saturated rings. The first-order valence-corrected chi connectivity index (χ1v) is 9.47. The topological polar surface area (TPSA) is 112 Å². The van der Waals surface area contributed by atoms with Gasteiger partial charge in [-0.25, -0.2) is 4.79 Å². The molecule has 2 aromatic rings. The van der Waals surface area contributed by atoms with E-state index in [0.717, 1.165) is 5.56 Å². The number of hydrogen-bond acceptors (Lipinski definition) is 7. The molecule has 0 spiro atoms. The lowest BCUT2D eigenvalue weighted by atomic mass is 10.1. The molecule has 31 heavy (non-hydrogen) atoms. The van der Waals surface area contributed by atoms with Crippen LogP contribution in [-0.4, -0.2) is 58.3 Å². The summed E-state index contributed by atoms with van der Waals surface area (Å²) in [5, 5.41) is 4.99. The van der Waals surface area contributed by atoms with Gasteiger partial charge in [0.15, 0.2) is 6.04 Å². The van der Waals surface area contributed by atoms with Gasteiger partial charge in [-0.15, -0.1) is 0 Å². The Morgan fingerprint density at radius 1 is 0.968 bits per heavy atom. The smallest absolute Gasteiger partial charge is 0.330 e. The van der Waals surface area contributed by atoms with Crippen molar-refractivity contribution in [3.8, 4) is 11.5 Å². The molecule has 2 N–H and O–H groups in total. The Morgan fingerprint density at radius 2 is 1.71 bits per heavy atom. The molecule has 166 valence electrons. The van der Waals surface area contributed by atoms with E-state index < -0.39 is 23.8 Å². The number of hydrogen-bond donors (Lipinski definition) is 2. The van der Waals surface area contributed by atoms with Crippen molar-refractivity contribution < 1.29 is 33.3 Å². The quantitative estimate of drug-likeness (QED) is 0.517. The van der Waals surface area contributed by atoms with Crippen molar-refractivity contribution in [2.45, 2.75) is 12.6 Å². The Balaban J connectivity index is 1.88. The maximum atomic E-state index is 12.4. The molecule has 0 aliphatic carbocycles. The van der Waals surface area contributed by atoms with Gasteiger partial charge in [0.25, 0.3) is 5.91 Å².